The molecule has 8 heteroatoms. The molecule has 0 unspecified atom stereocenters. The predicted molar refractivity (Wildman–Crippen MR) is 93.2 cm³/mol. The number of aliphatic hydroxyl groups excluding tert-OH is 2. The number of nitrogens with zero attached hydrogens (tertiary/aromatic N) is 4. The second-order valence-electron chi connectivity index (χ2n) is 7.13. The summed E-state index contributed by atoms with van der Waals surface area (Å²) >= 11 is 0. The Morgan fingerprint density at radius 3 is 3.00 bits per heavy atom. The van der Waals surface area contributed by atoms with Crippen LogP contribution >= 0.6 is 0 Å². The van der Waals surface area contributed by atoms with Crippen molar-refractivity contribution in [1.29, 1.82) is 0 Å². The third-order valence-corrected chi connectivity index (χ3v) is 5.40. The lowest BCUT2D eigenvalue weighted by Crippen LogP contribution is -2.38. The Balaban J connectivity index is 1.37. The molecule has 0 saturated heterocycles. The van der Waals surface area contributed by atoms with Crippen LogP contribution in [0.5, 0.6) is 0 Å². The van der Waals surface area contributed by atoms with E-state index in [4.69, 9.17) is 5.11 Å². The number of H-pyrrole nitrogens is 1. The number of hydrogen-bond donors (Lipinski definition) is 3. The van der Waals surface area contributed by atoms with E-state index in [0.717, 1.165) is 24.2 Å². The summed E-state index contributed by atoms with van der Waals surface area (Å²) in [7, 11) is 0. The number of aromatic nitrogens is 4. The lowest BCUT2D eigenvalue weighted by Gasteiger charge is -2.27. The van der Waals surface area contributed by atoms with Crippen LogP contribution in [0.4, 0.5) is 0 Å². The van der Waals surface area contributed by atoms with Gasteiger partial charge in [0, 0.05) is 25.1 Å². The van der Waals surface area contributed by atoms with E-state index in [1.54, 1.807) is 6.07 Å². The Hall–Kier alpha value is -2.19. The van der Waals surface area contributed by atoms with Gasteiger partial charge in [0.2, 0.25) is 5.91 Å². The number of rotatable bonds is 5. The number of carbonyl (C=O) groups excluding carboxylic acids is 1. The molecule has 3 heterocycles. The van der Waals surface area contributed by atoms with Crippen molar-refractivity contribution in [2.75, 3.05) is 13.2 Å². The second kappa shape index (κ2) is 7.20. The summed E-state index contributed by atoms with van der Waals surface area (Å²) in [6, 6.07) is 1.77. The molecule has 8 nitrogen and oxygen atoms in total. The van der Waals surface area contributed by atoms with Crippen molar-refractivity contribution in [3.8, 4) is 0 Å². The number of aromatic amines is 1. The molecule has 4 rings (SSSR count). The van der Waals surface area contributed by atoms with E-state index in [9.17, 15) is 9.90 Å². The highest BCUT2D eigenvalue weighted by Gasteiger charge is 2.24. The minimum absolute atomic E-state index is 0.120. The maximum atomic E-state index is 12.6. The molecule has 0 spiro atoms. The number of fused-ring (bicyclic) bond motifs is 2. The summed E-state index contributed by atoms with van der Waals surface area (Å²) in [5.41, 5.74) is 4.96. The fourth-order valence-electron chi connectivity index (χ4n) is 3.90. The molecule has 2 aliphatic rings. The maximum absolute atomic E-state index is 12.6. The smallest absolute Gasteiger partial charge is 0.223 e. The molecule has 140 valence electrons. The first kappa shape index (κ1) is 17.2. The van der Waals surface area contributed by atoms with E-state index in [2.05, 4.69) is 15.3 Å². The van der Waals surface area contributed by atoms with Crippen molar-refractivity contribution in [2.45, 2.75) is 57.7 Å². The molecular formula is C18H25N5O3. The summed E-state index contributed by atoms with van der Waals surface area (Å²) in [5.74, 6) is 0.120. The van der Waals surface area contributed by atoms with Crippen LogP contribution in [0.1, 0.15) is 53.7 Å². The number of nitrogens with one attached hydrogen (secondary N) is 1. The number of carbonyl (C=O) groups is 1. The average molecular weight is 359 g/mol. The topological polar surface area (TPSA) is 107 Å². The van der Waals surface area contributed by atoms with Gasteiger partial charge in [-0.05, 0) is 37.3 Å². The first-order chi connectivity index (χ1) is 12.7. The van der Waals surface area contributed by atoms with Gasteiger partial charge < -0.3 is 15.1 Å². The SMILES string of the molecule is O=C(CCc1n[nH]c2c1CCCC2)N1CCn2nc([C@@H](O)CO)cc2C1. The highest BCUT2D eigenvalue weighted by Crippen LogP contribution is 2.24. The van der Waals surface area contributed by atoms with Crippen LogP contribution in [0.25, 0.3) is 0 Å². The van der Waals surface area contributed by atoms with Crippen molar-refractivity contribution in [3.05, 3.63) is 34.4 Å². The third kappa shape index (κ3) is 3.26. The van der Waals surface area contributed by atoms with E-state index in [-0.39, 0.29) is 12.5 Å². The van der Waals surface area contributed by atoms with E-state index in [1.807, 2.05) is 9.58 Å². The van der Waals surface area contributed by atoms with Crippen LogP contribution in [0.3, 0.4) is 0 Å². The van der Waals surface area contributed by atoms with Gasteiger partial charge in [0.25, 0.3) is 0 Å². The van der Waals surface area contributed by atoms with Crippen molar-refractivity contribution in [1.82, 2.24) is 24.9 Å². The van der Waals surface area contributed by atoms with E-state index in [1.165, 1.54) is 24.1 Å². The van der Waals surface area contributed by atoms with Crippen molar-refractivity contribution < 1.29 is 15.0 Å². The molecule has 0 bridgehead atoms. The molecule has 1 aliphatic carbocycles. The molecule has 1 atom stereocenters. The normalized spacial score (nSPS) is 17.7. The molecule has 0 fully saturated rings. The largest absolute Gasteiger partial charge is 0.393 e. The molecule has 0 saturated carbocycles. The minimum Gasteiger partial charge on any atom is -0.393 e. The number of hydrogen-bond acceptors (Lipinski definition) is 5. The summed E-state index contributed by atoms with van der Waals surface area (Å²) in [6.45, 7) is 1.35. The maximum Gasteiger partial charge on any atom is 0.223 e. The van der Waals surface area contributed by atoms with Crippen molar-refractivity contribution >= 4 is 5.91 Å². The summed E-state index contributed by atoms with van der Waals surface area (Å²) < 4.78 is 1.81. The standard InChI is InChI=1S/C18H25N5O3/c24-11-17(25)16-9-12-10-22(7-8-23(12)21-16)18(26)6-5-15-13-3-1-2-4-14(13)19-20-15/h9,17,24-25H,1-8,10-11H2,(H,19,20)/t17-/m0/s1. The quantitative estimate of drug-likeness (QED) is 0.720. The zero-order valence-corrected chi connectivity index (χ0v) is 14.8. The van der Waals surface area contributed by atoms with Crippen LogP contribution in [-0.2, 0) is 37.1 Å². The van der Waals surface area contributed by atoms with Gasteiger partial charge >= 0.3 is 0 Å². The predicted octanol–water partition coefficient (Wildman–Crippen LogP) is 0.486. The Morgan fingerprint density at radius 2 is 2.15 bits per heavy atom. The first-order valence-corrected chi connectivity index (χ1v) is 9.34. The van der Waals surface area contributed by atoms with Gasteiger partial charge in [-0.3, -0.25) is 14.6 Å². The fourth-order valence-corrected chi connectivity index (χ4v) is 3.90. The molecule has 2 aromatic heterocycles. The van der Waals surface area contributed by atoms with Crippen LogP contribution in [0.15, 0.2) is 6.07 Å². The molecular weight excluding hydrogens is 334 g/mol. The van der Waals surface area contributed by atoms with Crippen molar-refractivity contribution in [3.63, 3.8) is 0 Å². The second-order valence-corrected chi connectivity index (χ2v) is 7.13. The van der Waals surface area contributed by atoms with Gasteiger partial charge in [-0.1, -0.05) is 0 Å². The molecule has 0 radical (unpaired) electrons. The molecule has 0 aromatic carbocycles. The van der Waals surface area contributed by atoms with Gasteiger partial charge in [-0.25, -0.2) is 0 Å². The van der Waals surface area contributed by atoms with E-state index in [0.29, 0.717) is 38.2 Å². The highest BCUT2D eigenvalue weighted by atomic mass is 16.3. The lowest BCUT2D eigenvalue weighted by molar-refractivity contribution is -0.132. The Morgan fingerprint density at radius 1 is 1.31 bits per heavy atom. The van der Waals surface area contributed by atoms with Gasteiger partial charge in [0.1, 0.15) is 6.10 Å². The summed E-state index contributed by atoms with van der Waals surface area (Å²) in [4.78, 5) is 14.5. The zero-order chi connectivity index (χ0) is 18.1. The van der Waals surface area contributed by atoms with Gasteiger partial charge in [-0.2, -0.15) is 10.2 Å². The van der Waals surface area contributed by atoms with Crippen molar-refractivity contribution in [2.24, 2.45) is 0 Å². The van der Waals surface area contributed by atoms with Gasteiger partial charge in [0.05, 0.1) is 36.8 Å². The Bertz CT molecular complexity index is 797. The van der Waals surface area contributed by atoms with Gasteiger partial charge in [0.15, 0.2) is 0 Å². The van der Waals surface area contributed by atoms with Crippen LogP contribution in [0.2, 0.25) is 0 Å². The van der Waals surface area contributed by atoms with Crippen LogP contribution in [0, 0.1) is 0 Å². The molecule has 1 aliphatic heterocycles. The van der Waals surface area contributed by atoms with Crippen LogP contribution in [-0.4, -0.2) is 54.1 Å². The molecule has 1 amide bonds. The summed E-state index contributed by atoms with van der Waals surface area (Å²) in [5, 5.41) is 30.6. The van der Waals surface area contributed by atoms with E-state index < -0.39 is 6.10 Å². The molecule has 3 N–H and O–H groups in total. The molecule has 26 heavy (non-hydrogen) atoms. The fraction of sp³-hybridized carbons (Fsp3) is 0.611. The minimum atomic E-state index is -0.969. The first-order valence-electron chi connectivity index (χ1n) is 9.34. The average Bonchev–Trinajstić information content (AvgIpc) is 3.28. The Labute approximate surface area is 151 Å². The third-order valence-electron chi connectivity index (χ3n) is 5.40. The zero-order valence-electron chi connectivity index (χ0n) is 14.8. The van der Waals surface area contributed by atoms with Gasteiger partial charge in [-0.15, -0.1) is 0 Å². The van der Waals surface area contributed by atoms with E-state index >= 15 is 0 Å². The number of aliphatic hydroxyl groups is 2. The van der Waals surface area contributed by atoms with Crippen LogP contribution < -0.4 is 0 Å². The number of aryl methyl sites for hydroxylation is 2. The number of amides is 1. The Kier molecular flexibility index (Phi) is 4.78. The lowest BCUT2D eigenvalue weighted by atomic mass is 9.94. The monoisotopic (exact) mass is 359 g/mol. The highest BCUT2D eigenvalue weighted by molar-refractivity contribution is 5.76. The summed E-state index contributed by atoms with van der Waals surface area (Å²) in [6.07, 6.45) is 4.70. The molecule has 2 aromatic rings.